The van der Waals surface area contributed by atoms with Crippen LogP contribution in [0.5, 0.6) is 0 Å². The van der Waals surface area contributed by atoms with E-state index in [1.54, 1.807) is 0 Å². The van der Waals surface area contributed by atoms with Gasteiger partial charge in [-0.05, 0) is 43.7 Å². The van der Waals surface area contributed by atoms with Gasteiger partial charge in [0, 0.05) is 11.3 Å². The van der Waals surface area contributed by atoms with E-state index in [-0.39, 0.29) is 5.69 Å². The number of anilines is 2. The molecule has 1 aliphatic carbocycles. The maximum absolute atomic E-state index is 13.4. The molecule has 1 aromatic heterocycles. The number of alkyl halides is 3. The van der Waals surface area contributed by atoms with Crippen molar-refractivity contribution in [3.05, 3.63) is 40.8 Å². The molecule has 0 spiro atoms. The van der Waals surface area contributed by atoms with Crippen LogP contribution in [0.4, 0.5) is 29.1 Å². The van der Waals surface area contributed by atoms with Crippen molar-refractivity contribution in [1.29, 1.82) is 0 Å². The van der Waals surface area contributed by atoms with Crippen LogP contribution in [0.3, 0.4) is 0 Å². The van der Waals surface area contributed by atoms with Crippen LogP contribution in [0, 0.1) is 5.82 Å². The standard InChI is InChI=1S/C15H13F4N3S/c1-23-14-21-12-4-2-3-9(12)13(22-14)20-8-5-6-11(16)10(7-8)15(17,18)19/h5-7H,2-4H2,1H3,(H,20,21,22). The summed E-state index contributed by atoms with van der Waals surface area (Å²) in [6.45, 7) is 0. The third kappa shape index (κ3) is 3.26. The van der Waals surface area contributed by atoms with E-state index >= 15 is 0 Å². The molecule has 0 saturated carbocycles. The number of benzene rings is 1. The van der Waals surface area contributed by atoms with E-state index in [2.05, 4.69) is 15.3 Å². The lowest BCUT2D eigenvalue weighted by atomic mass is 10.1. The Balaban J connectivity index is 1.99. The molecule has 0 unspecified atom stereocenters. The predicted octanol–water partition coefficient (Wildman–Crippen LogP) is 4.59. The van der Waals surface area contributed by atoms with E-state index in [0.29, 0.717) is 11.0 Å². The summed E-state index contributed by atoms with van der Waals surface area (Å²) >= 11 is 1.37. The van der Waals surface area contributed by atoms with Gasteiger partial charge >= 0.3 is 6.18 Å². The van der Waals surface area contributed by atoms with Crippen LogP contribution in [0.15, 0.2) is 23.4 Å². The zero-order valence-corrected chi connectivity index (χ0v) is 13.0. The molecule has 0 saturated heterocycles. The molecule has 3 rings (SSSR count). The molecule has 1 heterocycles. The van der Waals surface area contributed by atoms with Crippen molar-refractivity contribution in [2.24, 2.45) is 0 Å². The summed E-state index contributed by atoms with van der Waals surface area (Å²) in [5, 5.41) is 3.45. The highest BCUT2D eigenvalue weighted by Crippen LogP contribution is 2.35. The lowest BCUT2D eigenvalue weighted by Crippen LogP contribution is -2.09. The largest absolute Gasteiger partial charge is 0.419 e. The van der Waals surface area contributed by atoms with Crippen molar-refractivity contribution in [2.45, 2.75) is 30.6 Å². The van der Waals surface area contributed by atoms with Crippen molar-refractivity contribution in [2.75, 3.05) is 11.6 Å². The SMILES string of the molecule is CSc1nc2c(c(Nc3ccc(F)c(C(F)(F)F)c3)n1)CCC2. The van der Waals surface area contributed by atoms with Crippen molar-refractivity contribution >= 4 is 23.3 Å². The highest BCUT2D eigenvalue weighted by Gasteiger charge is 2.34. The van der Waals surface area contributed by atoms with Gasteiger partial charge in [-0.1, -0.05) is 11.8 Å². The van der Waals surface area contributed by atoms with Gasteiger partial charge < -0.3 is 5.32 Å². The van der Waals surface area contributed by atoms with Crippen molar-refractivity contribution in [1.82, 2.24) is 9.97 Å². The zero-order valence-electron chi connectivity index (χ0n) is 12.2. The molecule has 2 aromatic rings. The van der Waals surface area contributed by atoms with Crippen LogP contribution in [0.1, 0.15) is 23.2 Å². The molecular weight excluding hydrogens is 330 g/mol. The maximum Gasteiger partial charge on any atom is 0.419 e. The number of hydrogen-bond acceptors (Lipinski definition) is 4. The van der Waals surface area contributed by atoms with E-state index in [9.17, 15) is 17.6 Å². The summed E-state index contributed by atoms with van der Waals surface area (Å²) in [5.41, 5.74) is 0.697. The molecular formula is C15H13F4N3S. The Morgan fingerprint density at radius 2 is 1.96 bits per heavy atom. The van der Waals surface area contributed by atoms with Crippen molar-refractivity contribution in [3.8, 4) is 0 Å². The topological polar surface area (TPSA) is 37.8 Å². The van der Waals surface area contributed by atoms with Crippen molar-refractivity contribution in [3.63, 3.8) is 0 Å². The molecule has 1 aromatic carbocycles. The van der Waals surface area contributed by atoms with Gasteiger partial charge in [0.25, 0.3) is 0 Å². The number of nitrogens with one attached hydrogen (secondary N) is 1. The Kier molecular flexibility index (Phi) is 4.18. The van der Waals surface area contributed by atoms with Crippen LogP contribution in [-0.2, 0) is 19.0 Å². The van der Waals surface area contributed by atoms with Gasteiger partial charge in [-0.15, -0.1) is 0 Å². The molecule has 122 valence electrons. The number of rotatable bonds is 3. The zero-order chi connectivity index (χ0) is 16.6. The highest BCUT2D eigenvalue weighted by molar-refractivity contribution is 7.98. The van der Waals surface area contributed by atoms with Crippen LogP contribution in [0.25, 0.3) is 0 Å². The van der Waals surface area contributed by atoms with E-state index in [0.717, 1.165) is 42.7 Å². The fraction of sp³-hybridized carbons (Fsp3) is 0.333. The molecule has 0 amide bonds. The van der Waals surface area contributed by atoms with Gasteiger partial charge in [-0.2, -0.15) is 13.2 Å². The summed E-state index contributed by atoms with van der Waals surface area (Å²) < 4.78 is 51.8. The minimum Gasteiger partial charge on any atom is -0.340 e. The Bertz CT molecular complexity index is 746. The van der Waals surface area contributed by atoms with E-state index in [1.165, 1.54) is 17.8 Å². The van der Waals surface area contributed by atoms with Gasteiger partial charge in [0.1, 0.15) is 11.6 Å². The third-order valence-corrected chi connectivity index (χ3v) is 4.18. The fourth-order valence-corrected chi connectivity index (χ4v) is 2.95. The normalized spacial score (nSPS) is 14.0. The number of hydrogen-bond donors (Lipinski definition) is 1. The summed E-state index contributed by atoms with van der Waals surface area (Å²) in [6.07, 6.45) is -0.357. The molecule has 0 atom stereocenters. The minimum absolute atomic E-state index is 0.151. The van der Waals surface area contributed by atoms with Gasteiger partial charge in [-0.3, -0.25) is 0 Å². The first kappa shape index (κ1) is 16.0. The summed E-state index contributed by atoms with van der Waals surface area (Å²) in [5.74, 6) is -0.794. The van der Waals surface area contributed by atoms with E-state index in [4.69, 9.17) is 0 Å². The van der Waals surface area contributed by atoms with Gasteiger partial charge in [-0.25, -0.2) is 14.4 Å². The Hall–Kier alpha value is -1.83. The number of fused-ring (bicyclic) bond motifs is 1. The molecule has 1 N–H and O–H groups in total. The number of nitrogens with zero attached hydrogens (tertiary/aromatic N) is 2. The Morgan fingerprint density at radius 1 is 1.17 bits per heavy atom. The average molecular weight is 343 g/mol. The van der Waals surface area contributed by atoms with Crippen LogP contribution >= 0.6 is 11.8 Å². The molecule has 8 heteroatoms. The second-order valence-corrected chi connectivity index (χ2v) is 5.93. The van der Waals surface area contributed by atoms with Crippen molar-refractivity contribution < 1.29 is 17.6 Å². The Morgan fingerprint density at radius 3 is 2.65 bits per heavy atom. The lowest BCUT2D eigenvalue weighted by Gasteiger charge is -2.14. The number of thioether (sulfide) groups is 1. The van der Waals surface area contributed by atoms with Crippen LogP contribution < -0.4 is 5.32 Å². The molecule has 23 heavy (non-hydrogen) atoms. The quantitative estimate of drug-likeness (QED) is 0.503. The summed E-state index contributed by atoms with van der Waals surface area (Å²) in [6, 6.07) is 2.84. The Labute approximate surface area is 134 Å². The summed E-state index contributed by atoms with van der Waals surface area (Å²) in [7, 11) is 0. The smallest absolute Gasteiger partial charge is 0.340 e. The van der Waals surface area contributed by atoms with Gasteiger partial charge in [0.15, 0.2) is 5.16 Å². The highest BCUT2D eigenvalue weighted by atomic mass is 32.2. The predicted molar refractivity (Wildman–Crippen MR) is 80.5 cm³/mol. The van der Waals surface area contributed by atoms with Crippen LogP contribution in [-0.4, -0.2) is 16.2 Å². The summed E-state index contributed by atoms with van der Waals surface area (Å²) in [4.78, 5) is 8.75. The first-order valence-corrected chi connectivity index (χ1v) is 8.18. The molecule has 1 aliphatic rings. The molecule has 0 fully saturated rings. The number of aryl methyl sites for hydroxylation is 1. The maximum atomic E-state index is 13.4. The second-order valence-electron chi connectivity index (χ2n) is 5.16. The number of aromatic nitrogens is 2. The minimum atomic E-state index is -4.74. The second kappa shape index (κ2) is 5.99. The number of halogens is 4. The lowest BCUT2D eigenvalue weighted by molar-refractivity contribution is -0.139. The van der Waals surface area contributed by atoms with Gasteiger partial charge in [0.2, 0.25) is 0 Å². The average Bonchev–Trinajstić information content (AvgIpc) is 2.96. The molecule has 0 bridgehead atoms. The first-order valence-electron chi connectivity index (χ1n) is 6.96. The molecule has 3 nitrogen and oxygen atoms in total. The third-order valence-electron chi connectivity index (χ3n) is 3.63. The van der Waals surface area contributed by atoms with E-state index in [1.807, 2.05) is 6.26 Å². The molecule has 0 aliphatic heterocycles. The first-order chi connectivity index (χ1) is 10.9. The van der Waals surface area contributed by atoms with Gasteiger partial charge in [0.05, 0.1) is 11.3 Å². The fourth-order valence-electron chi connectivity index (χ4n) is 2.56. The monoisotopic (exact) mass is 343 g/mol. The molecule has 0 radical (unpaired) electrons. The van der Waals surface area contributed by atoms with Crippen LogP contribution in [0.2, 0.25) is 0 Å². The van der Waals surface area contributed by atoms with E-state index < -0.39 is 17.6 Å².